The van der Waals surface area contributed by atoms with Crippen LogP contribution in [0.2, 0.25) is 0 Å². The number of carbonyl (C=O) groups is 1. The highest BCUT2D eigenvalue weighted by atomic mass is 32.2. The van der Waals surface area contributed by atoms with E-state index in [9.17, 15) is 4.79 Å². The lowest BCUT2D eigenvalue weighted by molar-refractivity contribution is -0.119. The quantitative estimate of drug-likeness (QED) is 0.828. The van der Waals surface area contributed by atoms with Gasteiger partial charge in [-0.2, -0.15) is 5.10 Å². The molecule has 0 aromatic heterocycles. The third kappa shape index (κ3) is 1.90. The number of ketones is 1. The lowest BCUT2D eigenvalue weighted by atomic mass is 10.2. The van der Waals surface area contributed by atoms with Gasteiger partial charge in [0.05, 0.1) is 0 Å². The van der Waals surface area contributed by atoms with Crippen molar-refractivity contribution in [1.82, 2.24) is 5.43 Å². The first-order valence-corrected chi connectivity index (χ1v) is 5.54. The summed E-state index contributed by atoms with van der Waals surface area (Å²) in [7, 11) is 0. The highest BCUT2D eigenvalue weighted by molar-refractivity contribution is 8.16. The molecular weight excluding hydrogens is 208 g/mol. The zero-order chi connectivity index (χ0) is 10.9. The fourth-order valence-corrected chi connectivity index (χ4v) is 2.22. The molecule has 4 heteroatoms. The van der Waals surface area contributed by atoms with E-state index in [1.807, 2.05) is 37.3 Å². The third-order valence-corrected chi connectivity index (χ3v) is 3.67. The van der Waals surface area contributed by atoms with E-state index >= 15 is 0 Å². The average molecular weight is 220 g/mol. The summed E-state index contributed by atoms with van der Waals surface area (Å²) < 4.78 is 0. The minimum Gasteiger partial charge on any atom is -0.296 e. The molecule has 1 aromatic carbocycles. The van der Waals surface area contributed by atoms with Crippen molar-refractivity contribution in [1.29, 1.82) is 0 Å². The summed E-state index contributed by atoms with van der Waals surface area (Å²) in [6, 6.07) is 9.85. The van der Waals surface area contributed by atoms with E-state index in [0.29, 0.717) is 0 Å². The van der Waals surface area contributed by atoms with Gasteiger partial charge in [0.25, 0.3) is 0 Å². The van der Waals surface area contributed by atoms with Crippen LogP contribution < -0.4 is 5.43 Å². The molecule has 0 saturated heterocycles. The van der Waals surface area contributed by atoms with E-state index in [-0.39, 0.29) is 5.78 Å². The minimum atomic E-state index is -0.606. The molecule has 78 valence electrons. The average Bonchev–Trinajstić information content (AvgIpc) is 2.64. The van der Waals surface area contributed by atoms with E-state index < -0.39 is 4.87 Å². The van der Waals surface area contributed by atoms with Crippen molar-refractivity contribution in [2.24, 2.45) is 5.10 Å². The van der Waals surface area contributed by atoms with Crippen LogP contribution in [0.15, 0.2) is 35.4 Å². The number of nitrogens with one attached hydrogen (secondary N) is 1. The molecule has 1 atom stereocenters. The van der Waals surface area contributed by atoms with Gasteiger partial charge in [0.1, 0.15) is 5.04 Å². The number of hydrogen-bond donors (Lipinski definition) is 1. The Morgan fingerprint density at radius 3 is 2.60 bits per heavy atom. The zero-order valence-electron chi connectivity index (χ0n) is 8.65. The first-order chi connectivity index (χ1) is 7.12. The molecule has 1 aromatic rings. The Bertz CT molecular complexity index is 416. The molecule has 0 unspecified atom stereocenters. The second-order valence-electron chi connectivity index (χ2n) is 3.59. The number of rotatable bonds is 2. The Morgan fingerprint density at radius 2 is 2.07 bits per heavy atom. The summed E-state index contributed by atoms with van der Waals surface area (Å²) in [5, 5.41) is 5.06. The van der Waals surface area contributed by atoms with E-state index in [1.54, 1.807) is 6.92 Å². The maximum absolute atomic E-state index is 11.4. The Kier molecular flexibility index (Phi) is 2.52. The van der Waals surface area contributed by atoms with Crippen molar-refractivity contribution in [3.8, 4) is 0 Å². The second-order valence-corrected chi connectivity index (χ2v) is 4.99. The first kappa shape index (κ1) is 10.2. The van der Waals surface area contributed by atoms with E-state index in [1.165, 1.54) is 11.8 Å². The maximum Gasteiger partial charge on any atom is 0.166 e. The monoisotopic (exact) mass is 220 g/mol. The molecular formula is C11H12N2OS. The fraction of sp³-hybridized carbons (Fsp3) is 0.273. The van der Waals surface area contributed by atoms with Crippen molar-refractivity contribution in [3.05, 3.63) is 35.9 Å². The van der Waals surface area contributed by atoms with E-state index in [0.717, 1.165) is 10.6 Å². The summed E-state index contributed by atoms with van der Waals surface area (Å²) in [5.41, 5.74) is 3.92. The number of hydrazone groups is 1. The van der Waals surface area contributed by atoms with Crippen LogP contribution in [0, 0.1) is 0 Å². The number of nitrogens with zero attached hydrogens (tertiary/aromatic N) is 1. The van der Waals surface area contributed by atoms with Crippen LogP contribution in [0.5, 0.6) is 0 Å². The van der Waals surface area contributed by atoms with Crippen LogP contribution in [0.3, 0.4) is 0 Å². The Hall–Kier alpha value is -1.29. The molecule has 0 spiro atoms. The maximum atomic E-state index is 11.4. The molecule has 1 aliphatic heterocycles. The van der Waals surface area contributed by atoms with Gasteiger partial charge in [-0.25, -0.2) is 0 Å². The fourth-order valence-electron chi connectivity index (χ4n) is 1.25. The Balaban J connectivity index is 2.21. The van der Waals surface area contributed by atoms with Crippen molar-refractivity contribution in [2.75, 3.05) is 0 Å². The summed E-state index contributed by atoms with van der Waals surface area (Å²) in [4.78, 5) is 10.8. The number of Topliss-reactive ketones (excluding diaryl/α,β-unsaturated/α-hetero) is 1. The molecule has 0 saturated carbocycles. The molecule has 1 heterocycles. The van der Waals surface area contributed by atoms with Crippen LogP contribution >= 0.6 is 11.8 Å². The van der Waals surface area contributed by atoms with E-state index in [4.69, 9.17) is 0 Å². The Morgan fingerprint density at radius 1 is 1.40 bits per heavy atom. The lowest BCUT2D eigenvalue weighted by Crippen LogP contribution is -2.39. The predicted octanol–water partition coefficient (Wildman–Crippen LogP) is 1.99. The predicted molar refractivity (Wildman–Crippen MR) is 62.8 cm³/mol. The van der Waals surface area contributed by atoms with Gasteiger partial charge >= 0.3 is 0 Å². The van der Waals surface area contributed by atoms with Crippen molar-refractivity contribution < 1.29 is 4.79 Å². The molecule has 0 radical (unpaired) electrons. The smallest absolute Gasteiger partial charge is 0.166 e. The standard InChI is InChI=1S/C11H12N2OS/c1-8(14)11(2)13-12-10(15-11)9-6-4-3-5-7-9/h3-7,13H,1-2H3/t11-/m1/s1. The first-order valence-electron chi connectivity index (χ1n) is 4.72. The van der Waals surface area contributed by atoms with Gasteiger partial charge in [-0.1, -0.05) is 42.1 Å². The molecule has 3 nitrogen and oxygen atoms in total. The van der Waals surface area contributed by atoms with Gasteiger partial charge in [0, 0.05) is 5.56 Å². The van der Waals surface area contributed by atoms with E-state index in [2.05, 4.69) is 10.5 Å². The Labute approximate surface area is 93.0 Å². The number of benzene rings is 1. The van der Waals surface area contributed by atoms with Crippen LogP contribution in [-0.4, -0.2) is 15.7 Å². The third-order valence-electron chi connectivity index (χ3n) is 2.36. The summed E-state index contributed by atoms with van der Waals surface area (Å²) in [6.07, 6.45) is 0. The van der Waals surface area contributed by atoms with Gasteiger partial charge in [0.15, 0.2) is 10.7 Å². The van der Waals surface area contributed by atoms with Crippen LogP contribution in [0.1, 0.15) is 19.4 Å². The molecule has 0 fully saturated rings. The van der Waals surface area contributed by atoms with Crippen LogP contribution in [0.4, 0.5) is 0 Å². The highest BCUT2D eigenvalue weighted by Crippen LogP contribution is 2.32. The summed E-state index contributed by atoms with van der Waals surface area (Å²) in [6.45, 7) is 3.42. The van der Waals surface area contributed by atoms with Crippen molar-refractivity contribution in [2.45, 2.75) is 18.7 Å². The van der Waals surface area contributed by atoms with Gasteiger partial charge in [-0.05, 0) is 13.8 Å². The van der Waals surface area contributed by atoms with Crippen LogP contribution in [-0.2, 0) is 4.79 Å². The summed E-state index contributed by atoms with van der Waals surface area (Å²) in [5.74, 6) is 0.0854. The molecule has 0 amide bonds. The van der Waals surface area contributed by atoms with Crippen molar-refractivity contribution in [3.63, 3.8) is 0 Å². The van der Waals surface area contributed by atoms with Crippen LogP contribution in [0.25, 0.3) is 0 Å². The molecule has 2 rings (SSSR count). The van der Waals surface area contributed by atoms with Gasteiger partial charge in [-0.3, -0.25) is 10.2 Å². The molecule has 0 bridgehead atoms. The number of carbonyl (C=O) groups excluding carboxylic acids is 1. The van der Waals surface area contributed by atoms with Gasteiger partial charge < -0.3 is 0 Å². The SMILES string of the molecule is CC(=O)[C@]1(C)NN=C(c2ccccc2)S1. The number of thioether (sulfide) groups is 1. The summed E-state index contributed by atoms with van der Waals surface area (Å²) >= 11 is 1.46. The molecule has 15 heavy (non-hydrogen) atoms. The van der Waals surface area contributed by atoms with Gasteiger partial charge in [-0.15, -0.1) is 0 Å². The second kappa shape index (κ2) is 3.70. The molecule has 0 aliphatic carbocycles. The molecule has 1 N–H and O–H groups in total. The normalized spacial score (nSPS) is 24.5. The zero-order valence-corrected chi connectivity index (χ0v) is 9.47. The largest absolute Gasteiger partial charge is 0.296 e. The van der Waals surface area contributed by atoms with Gasteiger partial charge in [0.2, 0.25) is 0 Å². The topological polar surface area (TPSA) is 41.5 Å². The molecule has 1 aliphatic rings. The lowest BCUT2D eigenvalue weighted by Gasteiger charge is -2.18. The number of hydrogen-bond acceptors (Lipinski definition) is 4. The highest BCUT2D eigenvalue weighted by Gasteiger charge is 2.36. The van der Waals surface area contributed by atoms with Crippen molar-refractivity contribution >= 4 is 22.6 Å². The minimum absolute atomic E-state index is 0.0854.